The Labute approximate surface area is 165 Å². The average molecular weight is 385 g/mol. The van der Waals surface area contributed by atoms with E-state index < -0.39 is 0 Å². The lowest BCUT2D eigenvalue weighted by atomic mass is 10.1. The number of morpholine rings is 1. The molecule has 2 N–H and O–H groups in total. The van der Waals surface area contributed by atoms with Crippen LogP contribution >= 0.6 is 0 Å². The van der Waals surface area contributed by atoms with Crippen LogP contribution in [0.25, 0.3) is 0 Å². The minimum atomic E-state index is 0.291. The van der Waals surface area contributed by atoms with E-state index in [4.69, 9.17) is 9.47 Å². The second-order valence-electron chi connectivity index (χ2n) is 6.50. The topological polar surface area (TPSA) is 96.8 Å². The minimum absolute atomic E-state index is 0.291. The van der Waals surface area contributed by atoms with Gasteiger partial charge in [-0.3, -0.25) is 5.43 Å². The Kier molecular flexibility index (Phi) is 7.10. The number of rotatable bonds is 8. The number of aryl methyl sites for hydroxylation is 2. The van der Waals surface area contributed by atoms with E-state index in [1.807, 2.05) is 19.2 Å². The van der Waals surface area contributed by atoms with E-state index in [9.17, 15) is 0 Å². The normalized spacial score (nSPS) is 14.5. The Bertz CT molecular complexity index is 807. The molecule has 0 unspecified atom stereocenters. The molecule has 1 saturated heterocycles. The first-order valence-corrected chi connectivity index (χ1v) is 9.38. The zero-order chi connectivity index (χ0) is 19.8. The Morgan fingerprint density at radius 1 is 1.18 bits per heavy atom. The van der Waals surface area contributed by atoms with Crippen LogP contribution in [0.15, 0.2) is 23.3 Å². The van der Waals surface area contributed by atoms with Gasteiger partial charge in [-0.2, -0.15) is 20.1 Å². The molecule has 1 aliphatic rings. The first-order valence-electron chi connectivity index (χ1n) is 9.38. The quantitative estimate of drug-likeness (QED) is 0.400. The van der Waals surface area contributed by atoms with Crippen molar-refractivity contribution in [3.8, 4) is 6.01 Å². The Hall–Kier alpha value is -2.78. The lowest BCUT2D eigenvalue weighted by Crippen LogP contribution is -2.37. The van der Waals surface area contributed by atoms with E-state index in [-0.39, 0.29) is 0 Å². The minimum Gasteiger partial charge on any atom is -0.462 e. The number of anilines is 2. The molecule has 150 valence electrons. The zero-order valence-electron chi connectivity index (χ0n) is 16.6. The van der Waals surface area contributed by atoms with E-state index in [1.165, 1.54) is 11.1 Å². The van der Waals surface area contributed by atoms with Crippen LogP contribution in [0.3, 0.4) is 0 Å². The Balaban J connectivity index is 1.75. The maximum absolute atomic E-state index is 5.65. The number of hydrogen-bond donors (Lipinski definition) is 2. The van der Waals surface area contributed by atoms with Crippen LogP contribution in [0.4, 0.5) is 11.6 Å². The number of nitrogens with zero attached hydrogens (tertiary/aromatic N) is 5. The number of hydrogen-bond acceptors (Lipinski definition) is 9. The fourth-order valence-corrected chi connectivity index (χ4v) is 2.61. The number of hydrazone groups is 1. The van der Waals surface area contributed by atoms with Gasteiger partial charge in [0.05, 0.1) is 25.1 Å². The molecule has 0 spiro atoms. The van der Waals surface area contributed by atoms with Gasteiger partial charge < -0.3 is 19.7 Å². The van der Waals surface area contributed by atoms with Gasteiger partial charge in [-0.15, -0.1) is 0 Å². The molecule has 0 amide bonds. The van der Waals surface area contributed by atoms with Gasteiger partial charge in [0.15, 0.2) is 5.82 Å². The molecule has 9 nitrogen and oxygen atoms in total. The fraction of sp³-hybridized carbons (Fsp3) is 0.474. The third-order valence-corrected chi connectivity index (χ3v) is 4.38. The first kappa shape index (κ1) is 20.0. The maximum atomic E-state index is 5.65. The van der Waals surface area contributed by atoms with E-state index >= 15 is 0 Å². The molecule has 0 saturated carbocycles. The molecule has 28 heavy (non-hydrogen) atoms. The van der Waals surface area contributed by atoms with Gasteiger partial charge in [0.25, 0.3) is 0 Å². The molecule has 1 fully saturated rings. The summed E-state index contributed by atoms with van der Waals surface area (Å²) in [5.74, 6) is 1.01. The number of aromatic nitrogens is 3. The number of likely N-dealkylation sites (N-methyl/N-ethyl adjacent to an activating group) is 1. The highest BCUT2D eigenvalue weighted by Crippen LogP contribution is 2.15. The summed E-state index contributed by atoms with van der Waals surface area (Å²) < 4.78 is 11.1. The second-order valence-corrected chi connectivity index (χ2v) is 6.50. The lowest BCUT2D eigenvalue weighted by Gasteiger charge is -2.26. The van der Waals surface area contributed by atoms with Crippen molar-refractivity contribution in [2.24, 2.45) is 5.10 Å². The van der Waals surface area contributed by atoms with Gasteiger partial charge in [0.2, 0.25) is 5.95 Å². The smallest absolute Gasteiger partial charge is 0.321 e. The van der Waals surface area contributed by atoms with Gasteiger partial charge in [-0.05, 0) is 44.2 Å². The predicted molar refractivity (Wildman–Crippen MR) is 109 cm³/mol. The molecule has 1 aliphatic heterocycles. The van der Waals surface area contributed by atoms with E-state index in [0.717, 1.165) is 18.8 Å². The van der Waals surface area contributed by atoms with Crippen LogP contribution in [-0.4, -0.2) is 67.7 Å². The molecule has 9 heteroatoms. The van der Waals surface area contributed by atoms with Crippen molar-refractivity contribution < 1.29 is 9.47 Å². The van der Waals surface area contributed by atoms with Crippen molar-refractivity contribution in [2.75, 3.05) is 56.8 Å². The van der Waals surface area contributed by atoms with Gasteiger partial charge in [-0.25, -0.2) is 0 Å². The monoisotopic (exact) mass is 385 g/mol. The summed E-state index contributed by atoms with van der Waals surface area (Å²) in [6.07, 6.45) is 1.58. The van der Waals surface area contributed by atoms with Crippen LogP contribution in [0, 0.1) is 13.8 Å². The standard InChI is InChI=1S/C19H27N7O2/c1-14-4-5-16(12-15(14)2)25-21-13-17-22-18(26-7-10-27-11-8-26)24-19(23-17)28-9-6-20-3/h4-5,12-13,20,25H,6-11H2,1-3H3/b21-13+. The van der Waals surface area contributed by atoms with E-state index in [1.54, 1.807) is 6.21 Å². The number of benzene rings is 1. The van der Waals surface area contributed by atoms with Crippen LogP contribution in [0.5, 0.6) is 6.01 Å². The highest BCUT2D eigenvalue weighted by molar-refractivity contribution is 5.75. The SMILES string of the molecule is CNCCOc1nc(/C=N/Nc2ccc(C)c(C)c2)nc(N2CCOCC2)n1. The molecule has 0 bridgehead atoms. The predicted octanol–water partition coefficient (Wildman–Crippen LogP) is 1.37. The molecular weight excluding hydrogens is 358 g/mol. The van der Waals surface area contributed by atoms with Crippen LogP contribution < -0.4 is 20.4 Å². The Morgan fingerprint density at radius 2 is 2.00 bits per heavy atom. The van der Waals surface area contributed by atoms with Crippen molar-refractivity contribution in [2.45, 2.75) is 13.8 Å². The van der Waals surface area contributed by atoms with Gasteiger partial charge in [0.1, 0.15) is 6.61 Å². The highest BCUT2D eigenvalue weighted by atomic mass is 16.5. The van der Waals surface area contributed by atoms with Gasteiger partial charge >= 0.3 is 6.01 Å². The average Bonchev–Trinajstić information content (AvgIpc) is 2.71. The molecule has 0 radical (unpaired) electrons. The summed E-state index contributed by atoms with van der Waals surface area (Å²) in [7, 11) is 1.87. The molecule has 1 aromatic heterocycles. The zero-order valence-corrected chi connectivity index (χ0v) is 16.6. The highest BCUT2D eigenvalue weighted by Gasteiger charge is 2.16. The number of nitrogens with one attached hydrogen (secondary N) is 2. The van der Waals surface area contributed by atoms with Crippen LogP contribution in [-0.2, 0) is 4.74 Å². The lowest BCUT2D eigenvalue weighted by molar-refractivity contribution is 0.122. The fourth-order valence-electron chi connectivity index (χ4n) is 2.61. The van der Waals surface area contributed by atoms with Crippen molar-refractivity contribution in [1.82, 2.24) is 20.3 Å². The summed E-state index contributed by atoms with van der Waals surface area (Å²) in [6.45, 7) is 8.10. The molecule has 2 aromatic rings. The van der Waals surface area contributed by atoms with E-state index in [0.29, 0.717) is 44.1 Å². The maximum Gasteiger partial charge on any atom is 0.321 e. The van der Waals surface area contributed by atoms with Gasteiger partial charge in [-0.1, -0.05) is 6.07 Å². The summed E-state index contributed by atoms with van der Waals surface area (Å²) in [4.78, 5) is 15.3. The van der Waals surface area contributed by atoms with Gasteiger partial charge in [0, 0.05) is 19.6 Å². The third kappa shape index (κ3) is 5.61. The third-order valence-electron chi connectivity index (χ3n) is 4.38. The molecule has 3 rings (SSSR count). The Morgan fingerprint density at radius 3 is 2.75 bits per heavy atom. The van der Waals surface area contributed by atoms with Crippen LogP contribution in [0.1, 0.15) is 17.0 Å². The summed E-state index contributed by atoms with van der Waals surface area (Å²) in [5.41, 5.74) is 6.37. The molecule has 1 aromatic carbocycles. The molecule has 0 atom stereocenters. The van der Waals surface area contributed by atoms with Crippen molar-refractivity contribution in [3.63, 3.8) is 0 Å². The number of ether oxygens (including phenoxy) is 2. The van der Waals surface area contributed by atoms with Crippen molar-refractivity contribution in [3.05, 3.63) is 35.2 Å². The largest absolute Gasteiger partial charge is 0.462 e. The molecular formula is C19H27N7O2. The van der Waals surface area contributed by atoms with Crippen molar-refractivity contribution >= 4 is 17.9 Å². The second kappa shape index (κ2) is 9.95. The van der Waals surface area contributed by atoms with Crippen LogP contribution in [0.2, 0.25) is 0 Å². The van der Waals surface area contributed by atoms with Crippen molar-refractivity contribution in [1.29, 1.82) is 0 Å². The summed E-state index contributed by atoms with van der Waals surface area (Å²) >= 11 is 0. The molecule has 0 aliphatic carbocycles. The summed E-state index contributed by atoms with van der Waals surface area (Å²) in [6, 6.07) is 6.38. The first-order chi connectivity index (χ1) is 13.7. The summed E-state index contributed by atoms with van der Waals surface area (Å²) in [5, 5.41) is 7.30. The van der Waals surface area contributed by atoms with E-state index in [2.05, 4.69) is 55.6 Å². The molecule has 2 heterocycles.